The van der Waals surface area contributed by atoms with Gasteiger partial charge in [0.05, 0.1) is 5.69 Å². The van der Waals surface area contributed by atoms with Crippen LogP contribution in [0.2, 0.25) is 0 Å². The third-order valence-corrected chi connectivity index (χ3v) is 2.02. The highest BCUT2D eigenvalue weighted by atomic mass is 19.2. The lowest BCUT2D eigenvalue weighted by Crippen LogP contribution is -1.93. The predicted molar refractivity (Wildman–Crippen MR) is 48.6 cm³/mol. The molecule has 0 aliphatic carbocycles. The maximum Gasteiger partial charge on any atom is 0.195 e. The van der Waals surface area contributed by atoms with Crippen molar-refractivity contribution < 1.29 is 13.2 Å². The number of aromatic amines is 1. The zero-order valence-electron chi connectivity index (χ0n) is 7.81. The van der Waals surface area contributed by atoms with Gasteiger partial charge in [0.1, 0.15) is 0 Å². The molecule has 2 nitrogen and oxygen atoms in total. The second-order valence-corrected chi connectivity index (χ2v) is 3.16. The molecule has 0 atom stereocenters. The van der Waals surface area contributed by atoms with Crippen molar-refractivity contribution in [3.05, 3.63) is 41.3 Å². The molecule has 0 saturated carbocycles. The quantitative estimate of drug-likeness (QED) is 0.723. The lowest BCUT2D eigenvalue weighted by atomic mass is 10.1. The van der Waals surface area contributed by atoms with Gasteiger partial charge in [0.15, 0.2) is 17.5 Å². The second-order valence-electron chi connectivity index (χ2n) is 3.16. The lowest BCUT2D eigenvalue weighted by molar-refractivity contribution is 0.449. The lowest BCUT2D eigenvalue weighted by Gasteiger charge is -2.00. The highest BCUT2D eigenvalue weighted by Gasteiger charge is 2.15. The zero-order chi connectivity index (χ0) is 11.0. The molecule has 1 N–H and O–H groups in total. The largest absolute Gasteiger partial charge is 0.282 e. The topological polar surface area (TPSA) is 28.7 Å². The van der Waals surface area contributed by atoms with Gasteiger partial charge in [0.25, 0.3) is 0 Å². The second kappa shape index (κ2) is 3.42. The van der Waals surface area contributed by atoms with Crippen LogP contribution in [0.3, 0.4) is 0 Å². The molecule has 0 amide bonds. The van der Waals surface area contributed by atoms with Gasteiger partial charge in [-0.3, -0.25) is 5.10 Å². The number of hydrogen-bond acceptors (Lipinski definition) is 1. The smallest absolute Gasteiger partial charge is 0.195 e. The van der Waals surface area contributed by atoms with Crippen LogP contribution in [0.1, 0.15) is 5.69 Å². The van der Waals surface area contributed by atoms with E-state index in [9.17, 15) is 13.2 Å². The third-order valence-electron chi connectivity index (χ3n) is 2.02. The van der Waals surface area contributed by atoms with Gasteiger partial charge in [-0.05, 0) is 25.1 Å². The Balaban J connectivity index is 2.59. The Bertz CT molecular complexity index is 505. The summed E-state index contributed by atoms with van der Waals surface area (Å²) >= 11 is 0. The number of rotatable bonds is 1. The highest BCUT2D eigenvalue weighted by molar-refractivity contribution is 5.60. The number of benzene rings is 1. The minimum atomic E-state index is -1.48. The summed E-state index contributed by atoms with van der Waals surface area (Å²) < 4.78 is 38.8. The molecule has 0 aliphatic rings. The molecule has 5 heteroatoms. The molecule has 0 fully saturated rings. The molecule has 1 heterocycles. The first kappa shape index (κ1) is 9.76. The van der Waals surface area contributed by atoms with Crippen molar-refractivity contribution in [2.24, 2.45) is 0 Å². The van der Waals surface area contributed by atoms with Crippen LogP contribution in [0.5, 0.6) is 0 Å². The monoisotopic (exact) mass is 212 g/mol. The summed E-state index contributed by atoms with van der Waals surface area (Å²) in [5.41, 5.74) is 0.913. The van der Waals surface area contributed by atoms with E-state index in [4.69, 9.17) is 0 Å². The van der Waals surface area contributed by atoms with Crippen LogP contribution in [0.25, 0.3) is 11.3 Å². The van der Waals surface area contributed by atoms with E-state index >= 15 is 0 Å². The minimum Gasteiger partial charge on any atom is -0.282 e. The van der Waals surface area contributed by atoms with Gasteiger partial charge in [-0.15, -0.1) is 0 Å². The molecule has 2 rings (SSSR count). The first-order valence-corrected chi connectivity index (χ1v) is 4.25. The summed E-state index contributed by atoms with van der Waals surface area (Å²) in [7, 11) is 0. The van der Waals surface area contributed by atoms with Crippen LogP contribution in [0, 0.1) is 24.4 Å². The molecule has 0 bridgehead atoms. The minimum absolute atomic E-state index is 0.0572. The summed E-state index contributed by atoms with van der Waals surface area (Å²) in [6, 6.07) is 3.58. The van der Waals surface area contributed by atoms with E-state index in [0.717, 1.165) is 12.1 Å². The van der Waals surface area contributed by atoms with E-state index < -0.39 is 17.5 Å². The van der Waals surface area contributed by atoms with Crippen molar-refractivity contribution in [2.75, 3.05) is 0 Å². The van der Waals surface area contributed by atoms with Crippen LogP contribution in [0.15, 0.2) is 18.2 Å². The van der Waals surface area contributed by atoms with Crippen molar-refractivity contribution in [1.82, 2.24) is 10.2 Å². The van der Waals surface area contributed by atoms with E-state index in [1.165, 1.54) is 0 Å². The van der Waals surface area contributed by atoms with Gasteiger partial charge in [-0.1, -0.05) is 0 Å². The molecule has 15 heavy (non-hydrogen) atoms. The van der Waals surface area contributed by atoms with Gasteiger partial charge < -0.3 is 0 Å². The van der Waals surface area contributed by atoms with E-state index in [1.807, 2.05) is 0 Å². The molecular formula is C10H7F3N2. The molecule has 2 aromatic rings. The number of nitrogens with one attached hydrogen (secondary N) is 1. The fourth-order valence-electron chi connectivity index (χ4n) is 1.28. The van der Waals surface area contributed by atoms with Crippen LogP contribution < -0.4 is 0 Å². The fraction of sp³-hybridized carbons (Fsp3) is 0.100. The first-order valence-electron chi connectivity index (χ1n) is 4.25. The number of H-pyrrole nitrogens is 1. The first-order chi connectivity index (χ1) is 7.09. The summed E-state index contributed by atoms with van der Waals surface area (Å²) in [4.78, 5) is 0. The maximum absolute atomic E-state index is 13.3. The van der Waals surface area contributed by atoms with Crippen LogP contribution in [0.4, 0.5) is 13.2 Å². The molecule has 0 saturated heterocycles. The van der Waals surface area contributed by atoms with Crippen LogP contribution in [-0.4, -0.2) is 10.2 Å². The standard InChI is InChI=1S/C10H7F3N2/c1-5-4-8(15-14-5)6-2-3-7(11)10(13)9(6)12/h2-4H,1H3,(H,14,15). The van der Waals surface area contributed by atoms with Crippen LogP contribution >= 0.6 is 0 Å². The number of hydrogen-bond donors (Lipinski definition) is 1. The Kier molecular flexibility index (Phi) is 2.22. The average Bonchev–Trinajstić information content (AvgIpc) is 2.61. The summed E-state index contributed by atoms with van der Waals surface area (Å²) in [6.07, 6.45) is 0. The van der Waals surface area contributed by atoms with Crippen molar-refractivity contribution in [3.63, 3.8) is 0 Å². The summed E-state index contributed by atoms with van der Waals surface area (Å²) in [5.74, 6) is -3.90. The molecule has 0 spiro atoms. The van der Waals surface area contributed by atoms with Gasteiger partial charge in [0, 0.05) is 11.3 Å². The zero-order valence-corrected chi connectivity index (χ0v) is 7.81. The number of halogens is 3. The maximum atomic E-state index is 13.3. The Hall–Kier alpha value is -1.78. The third kappa shape index (κ3) is 1.60. The molecule has 0 radical (unpaired) electrons. The molecule has 0 aliphatic heterocycles. The summed E-state index contributed by atoms with van der Waals surface area (Å²) in [5, 5.41) is 6.36. The Morgan fingerprint density at radius 2 is 1.87 bits per heavy atom. The summed E-state index contributed by atoms with van der Waals surface area (Å²) in [6.45, 7) is 1.73. The normalized spacial score (nSPS) is 10.7. The van der Waals surface area contributed by atoms with Crippen molar-refractivity contribution in [2.45, 2.75) is 6.92 Å². The average molecular weight is 212 g/mol. The molecule has 78 valence electrons. The Labute approximate surface area is 83.7 Å². The fourth-order valence-corrected chi connectivity index (χ4v) is 1.28. The van der Waals surface area contributed by atoms with E-state index in [0.29, 0.717) is 5.69 Å². The number of aromatic nitrogens is 2. The van der Waals surface area contributed by atoms with Gasteiger partial charge in [-0.2, -0.15) is 5.10 Å². The van der Waals surface area contributed by atoms with E-state index in [1.54, 1.807) is 13.0 Å². The Morgan fingerprint density at radius 1 is 1.13 bits per heavy atom. The Morgan fingerprint density at radius 3 is 2.47 bits per heavy atom. The molecular weight excluding hydrogens is 205 g/mol. The van der Waals surface area contributed by atoms with Crippen molar-refractivity contribution >= 4 is 0 Å². The molecule has 1 aromatic heterocycles. The predicted octanol–water partition coefficient (Wildman–Crippen LogP) is 2.80. The van der Waals surface area contributed by atoms with E-state index in [2.05, 4.69) is 10.2 Å². The van der Waals surface area contributed by atoms with Crippen molar-refractivity contribution in [1.29, 1.82) is 0 Å². The molecule has 0 unspecified atom stereocenters. The van der Waals surface area contributed by atoms with Crippen LogP contribution in [-0.2, 0) is 0 Å². The van der Waals surface area contributed by atoms with E-state index in [-0.39, 0.29) is 11.3 Å². The number of aryl methyl sites for hydroxylation is 1. The SMILES string of the molecule is Cc1cc(-c2ccc(F)c(F)c2F)n[nH]1. The molecule has 1 aromatic carbocycles. The van der Waals surface area contributed by atoms with Crippen molar-refractivity contribution in [3.8, 4) is 11.3 Å². The number of nitrogens with zero attached hydrogens (tertiary/aromatic N) is 1. The highest BCUT2D eigenvalue weighted by Crippen LogP contribution is 2.24. The van der Waals surface area contributed by atoms with Gasteiger partial charge in [-0.25, -0.2) is 13.2 Å². The van der Waals surface area contributed by atoms with Gasteiger partial charge >= 0.3 is 0 Å². The van der Waals surface area contributed by atoms with Gasteiger partial charge in [0.2, 0.25) is 0 Å².